The summed E-state index contributed by atoms with van der Waals surface area (Å²) in [6, 6.07) is 8.81. The molecule has 1 unspecified atom stereocenters. The van der Waals surface area contributed by atoms with Crippen LogP contribution in [0, 0.1) is 19.7 Å². The molecule has 1 aromatic carbocycles. The Kier molecular flexibility index (Phi) is 5.38. The summed E-state index contributed by atoms with van der Waals surface area (Å²) in [6.45, 7) is 5.48. The summed E-state index contributed by atoms with van der Waals surface area (Å²) in [5.74, 6) is 1.11. The van der Waals surface area contributed by atoms with Crippen molar-refractivity contribution in [1.82, 2.24) is 29.7 Å². The zero-order valence-corrected chi connectivity index (χ0v) is 18.6. The minimum absolute atomic E-state index is 0.204. The van der Waals surface area contributed by atoms with Crippen LogP contribution in [-0.2, 0) is 13.5 Å². The maximum absolute atomic E-state index is 14.1. The van der Waals surface area contributed by atoms with Crippen molar-refractivity contribution in [2.24, 2.45) is 7.05 Å². The summed E-state index contributed by atoms with van der Waals surface area (Å²) in [4.78, 5) is 0. The predicted molar refractivity (Wildman–Crippen MR) is 120 cm³/mol. The average Bonchev–Trinajstić information content (AvgIpc) is 3.49. The van der Waals surface area contributed by atoms with Crippen molar-refractivity contribution in [2.75, 3.05) is 13.2 Å². The topological polar surface area (TPSA) is 69.3 Å². The molecule has 0 aliphatic carbocycles. The van der Waals surface area contributed by atoms with E-state index in [2.05, 4.69) is 20.6 Å². The zero-order chi connectivity index (χ0) is 22.2. The van der Waals surface area contributed by atoms with Crippen LogP contribution in [0.3, 0.4) is 0 Å². The molecule has 1 N–H and O–H groups in total. The van der Waals surface area contributed by atoms with E-state index in [0.29, 0.717) is 18.8 Å². The van der Waals surface area contributed by atoms with E-state index in [4.69, 9.17) is 4.74 Å². The van der Waals surface area contributed by atoms with Gasteiger partial charge in [-0.05, 0) is 63.1 Å². The first kappa shape index (κ1) is 20.6. The summed E-state index contributed by atoms with van der Waals surface area (Å²) in [5, 5.41) is 16.7. The number of hydrogen-bond donors (Lipinski definition) is 1. The lowest BCUT2D eigenvalue weighted by molar-refractivity contribution is 0.321. The van der Waals surface area contributed by atoms with Crippen LogP contribution in [0.15, 0.2) is 36.5 Å². The van der Waals surface area contributed by atoms with Crippen LogP contribution in [0.1, 0.15) is 41.7 Å². The molecule has 7 nitrogen and oxygen atoms in total. The van der Waals surface area contributed by atoms with Gasteiger partial charge in [-0.3, -0.25) is 9.08 Å². The van der Waals surface area contributed by atoms with Gasteiger partial charge in [0, 0.05) is 42.6 Å². The fourth-order valence-corrected chi connectivity index (χ4v) is 4.51. The van der Waals surface area contributed by atoms with Crippen molar-refractivity contribution in [1.29, 1.82) is 0 Å². The highest BCUT2D eigenvalue weighted by atomic mass is 19.1. The van der Waals surface area contributed by atoms with Gasteiger partial charge in [-0.25, -0.2) is 4.39 Å². The maximum Gasteiger partial charge on any atom is 0.160 e. The van der Waals surface area contributed by atoms with Gasteiger partial charge in [0.15, 0.2) is 11.5 Å². The number of hydrogen-bond acceptors (Lipinski definition) is 5. The van der Waals surface area contributed by atoms with Gasteiger partial charge in [0.1, 0.15) is 11.6 Å². The van der Waals surface area contributed by atoms with Crippen molar-refractivity contribution in [3.63, 3.8) is 0 Å². The molecule has 3 aromatic heterocycles. The smallest absolute Gasteiger partial charge is 0.160 e. The second-order valence-corrected chi connectivity index (χ2v) is 8.37. The van der Waals surface area contributed by atoms with Gasteiger partial charge in [-0.15, -0.1) is 10.2 Å². The number of pyridine rings is 1. The minimum atomic E-state index is -0.321. The minimum Gasteiger partial charge on any atom is -0.492 e. The van der Waals surface area contributed by atoms with Crippen molar-refractivity contribution in [3.8, 4) is 16.9 Å². The van der Waals surface area contributed by atoms with Crippen molar-refractivity contribution in [3.05, 3.63) is 65.1 Å². The van der Waals surface area contributed by atoms with Crippen LogP contribution in [0.25, 0.3) is 16.8 Å². The van der Waals surface area contributed by atoms with E-state index in [0.717, 1.165) is 53.4 Å². The van der Waals surface area contributed by atoms with Crippen molar-refractivity contribution < 1.29 is 9.13 Å². The summed E-state index contributed by atoms with van der Waals surface area (Å²) < 4.78 is 24.1. The third-order valence-electron chi connectivity index (χ3n) is 6.32. The molecule has 1 atom stereocenters. The highest BCUT2D eigenvalue weighted by Crippen LogP contribution is 2.32. The summed E-state index contributed by atoms with van der Waals surface area (Å²) in [5.41, 5.74) is 5.86. The molecule has 0 spiro atoms. The molecule has 166 valence electrons. The molecule has 0 saturated carbocycles. The van der Waals surface area contributed by atoms with Gasteiger partial charge < -0.3 is 10.1 Å². The normalized spacial score (nSPS) is 16.2. The van der Waals surface area contributed by atoms with E-state index in [-0.39, 0.29) is 11.9 Å². The highest BCUT2D eigenvalue weighted by Gasteiger charge is 2.22. The second-order valence-electron chi connectivity index (χ2n) is 8.37. The van der Waals surface area contributed by atoms with E-state index < -0.39 is 0 Å². The molecule has 1 aliphatic heterocycles. The Labute approximate surface area is 186 Å². The number of nitrogens with zero attached hydrogens (tertiary/aromatic N) is 5. The van der Waals surface area contributed by atoms with E-state index in [9.17, 15) is 4.39 Å². The molecule has 5 rings (SSSR count). The average molecular weight is 435 g/mol. The number of nitrogens with one attached hydrogen (secondary N) is 1. The van der Waals surface area contributed by atoms with E-state index >= 15 is 0 Å². The molecule has 4 heterocycles. The van der Waals surface area contributed by atoms with Crippen LogP contribution >= 0.6 is 0 Å². The number of fused-ring (bicyclic) bond motifs is 1. The van der Waals surface area contributed by atoms with E-state index in [1.54, 1.807) is 6.07 Å². The third-order valence-corrected chi connectivity index (χ3v) is 6.32. The van der Waals surface area contributed by atoms with Gasteiger partial charge in [0.25, 0.3) is 0 Å². The number of aromatic nitrogens is 5. The van der Waals surface area contributed by atoms with Gasteiger partial charge in [0.2, 0.25) is 0 Å². The standard InChI is InChI=1S/C24H27FN6O/c1-15-19(16(2)30(3)29-15)10-12-32-22-13-18(25)7-8-20(22)17-6-9-23-27-28-24(31(23)14-17)21-5-4-11-26-21/h6-9,13-14,21,26H,4-5,10-12H2,1-3H3. The number of halogens is 1. The Balaban J connectivity index is 1.43. The lowest BCUT2D eigenvalue weighted by Gasteiger charge is -2.13. The summed E-state index contributed by atoms with van der Waals surface area (Å²) >= 11 is 0. The van der Waals surface area contributed by atoms with Crippen LogP contribution < -0.4 is 10.1 Å². The molecule has 0 radical (unpaired) electrons. The van der Waals surface area contributed by atoms with Gasteiger partial charge >= 0.3 is 0 Å². The molecule has 8 heteroatoms. The Morgan fingerprint density at radius 3 is 2.81 bits per heavy atom. The van der Waals surface area contributed by atoms with Crippen LogP contribution in [0.5, 0.6) is 5.75 Å². The molecular weight excluding hydrogens is 407 g/mol. The molecule has 0 amide bonds. The predicted octanol–water partition coefficient (Wildman–Crippen LogP) is 3.93. The molecular formula is C24H27FN6O. The lowest BCUT2D eigenvalue weighted by Crippen LogP contribution is -2.15. The van der Waals surface area contributed by atoms with E-state index in [1.165, 1.54) is 17.7 Å². The number of benzene rings is 1. The molecule has 1 saturated heterocycles. The second kappa shape index (κ2) is 8.35. The quantitative estimate of drug-likeness (QED) is 0.498. The number of ether oxygens (including phenoxy) is 1. The SMILES string of the molecule is Cc1nn(C)c(C)c1CCOc1cc(F)ccc1-c1ccc2nnc(C3CCCN3)n2c1. The Bertz CT molecular complexity index is 1270. The van der Waals surface area contributed by atoms with Gasteiger partial charge in [0.05, 0.1) is 18.3 Å². The Morgan fingerprint density at radius 2 is 2.06 bits per heavy atom. The van der Waals surface area contributed by atoms with Crippen LogP contribution in [0.2, 0.25) is 0 Å². The van der Waals surface area contributed by atoms with Gasteiger partial charge in [-0.1, -0.05) is 0 Å². The zero-order valence-electron chi connectivity index (χ0n) is 18.6. The van der Waals surface area contributed by atoms with Crippen molar-refractivity contribution in [2.45, 2.75) is 39.2 Å². The fraction of sp³-hybridized carbons (Fsp3) is 0.375. The first-order chi connectivity index (χ1) is 15.5. The highest BCUT2D eigenvalue weighted by molar-refractivity contribution is 5.71. The monoisotopic (exact) mass is 434 g/mol. The summed E-state index contributed by atoms with van der Waals surface area (Å²) in [6.07, 6.45) is 4.90. The fourth-order valence-electron chi connectivity index (χ4n) is 4.51. The van der Waals surface area contributed by atoms with Crippen LogP contribution in [-0.4, -0.2) is 37.5 Å². The molecule has 4 aromatic rings. The van der Waals surface area contributed by atoms with Crippen molar-refractivity contribution >= 4 is 5.65 Å². The molecule has 32 heavy (non-hydrogen) atoms. The Hall–Kier alpha value is -3.26. The van der Waals surface area contributed by atoms with Gasteiger partial charge in [-0.2, -0.15) is 5.10 Å². The van der Waals surface area contributed by atoms with E-state index in [1.807, 2.05) is 48.3 Å². The lowest BCUT2D eigenvalue weighted by atomic mass is 10.1. The maximum atomic E-state index is 14.1. The summed E-state index contributed by atoms with van der Waals surface area (Å²) in [7, 11) is 1.94. The molecule has 0 bridgehead atoms. The first-order valence-corrected chi connectivity index (χ1v) is 11.0. The Morgan fingerprint density at radius 1 is 1.19 bits per heavy atom. The number of aryl methyl sites for hydroxylation is 2. The number of rotatable bonds is 6. The first-order valence-electron chi connectivity index (χ1n) is 11.0. The molecule has 1 aliphatic rings. The van der Waals surface area contributed by atoms with Crippen LogP contribution in [0.4, 0.5) is 4.39 Å². The third kappa shape index (κ3) is 3.75. The largest absolute Gasteiger partial charge is 0.492 e. The molecule has 1 fully saturated rings.